The minimum absolute atomic E-state index is 0.378. The van der Waals surface area contributed by atoms with E-state index in [9.17, 15) is 4.79 Å². The van der Waals surface area contributed by atoms with Crippen molar-refractivity contribution in [1.82, 2.24) is 0 Å². The van der Waals surface area contributed by atoms with Gasteiger partial charge in [-0.05, 0) is 30.3 Å². The predicted molar refractivity (Wildman–Crippen MR) is 117 cm³/mol. The zero-order chi connectivity index (χ0) is 20.6. The van der Waals surface area contributed by atoms with E-state index in [1.165, 1.54) is 6.08 Å². The van der Waals surface area contributed by atoms with Gasteiger partial charge in [0.25, 0.3) is 0 Å². The molecule has 4 heteroatoms. The normalized spacial score (nSPS) is 10.2. The molecular formula is C25H21O3S+. The van der Waals surface area contributed by atoms with Gasteiger partial charge >= 0.3 is 5.97 Å². The third kappa shape index (κ3) is 5.27. The molecule has 0 aliphatic heterocycles. The van der Waals surface area contributed by atoms with E-state index < -0.39 is 16.9 Å². The topological polar surface area (TPSA) is 35.5 Å². The van der Waals surface area contributed by atoms with E-state index >= 15 is 0 Å². The van der Waals surface area contributed by atoms with E-state index in [0.29, 0.717) is 17.3 Å². The second kappa shape index (κ2) is 9.62. The lowest BCUT2D eigenvalue weighted by Gasteiger charge is -2.12. The van der Waals surface area contributed by atoms with E-state index in [1.54, 1.807) is 6.07 Å². The number of hydrogen-bond donors (Lipinski definition) is 0. The Balaban J connectivity index is 2.15. The van der Waals surface area contributed by atoms with Crippen LogP contribution < -0.4 is 9.47 Å². The zero-order valence-electron chi connectivity index (χ0n) is 15.9. The van der Waals surface area contributed by atoms with Crippen LogP contribution in [-0.4, -0.2) is 5.97 Å². The molecule has 3 aromatic carbocycles. The summed E-state index contributed by atoms with van der Waals surface area (Å²) in [7, 11) is -0.421. The smallest absolute Gasteiger partial charge is 0.335 e. The molecular weight excluding hydrogens is 380 g/mol. The van der Waals surface area contributed by atoms with Gasteiger partial charge in [-0.25, -0.2) is 4.79 Å². The van der Waals surface area contributed by atoms with Crippen LogP contribution in [0.4, 0.5) is 0 Å². The van der Waals surface area contributed by atoms with Crippen molar-refractivity contribution in [3.05, 3.63) is 117 Å². The summed E-state index contributed by atoms with van der Waals surface area (Å²) in [5.41, 5.74) is 0. The Morgan fingerprint density at radius 2 is 1.24 bits per heavy atom. The number of esters is 1. The molecule has 0 aromatic heterocycles. The van der Waals surface area contributed by atoms with Gasteiger partial charge in [-0.15, -0.1) is 0 Å². The minimum atomic E-state index is -0.532. The Labute approximate surface area is 174 Å². The minimum Gasteiger partial charge on any atom is -0.458 e. The van der Waals surface area contributed by atoms with E-state index in [-0.39, 0.29) is 0 Å². The van der Waals surface area contributed by atoms with Crippen molar-refractivity contribution >= 4 is 16.9 Å². The molecule has 0 fully saturated rings. The number of ether oxygens (including phenoxy) is 2. The van der Waals surface area contributed by atoms with E-state index in [4.69, 9.17) is 9.47 Å². The largest absolute Gasteiger partial charge is 0.458 e. The summed E-state index contributed by atoms with van der Waals surface area (Å²) < 4.78 is 11.2. The first-order valence-corrected chi connectivity index (χ1v) is 10.2. The summed E-state index contributed by atoms with van der Waals surface area (Å²) in [5.74, 6) is 0.768. The fourth-order valence-electron chi connectivity index (χ4n) is 2.65. The Kier molecular flexibility index (Phi) is 6.72. The second-order valence-electron chi connectivity index (χ2n) is 5.97. The highest BCUT2D eigenvalue weighted by Crippen LogP contribution is 2.36. The van der Waals surface area contributed by atoms with Gasteiger partial charge in [0, 0.05) is 24.3 Å². The maximum atomic E-state index is 11.8. The Morgan fingerprint density at radius 1 is 0.724 bits per heavy atom. The zero-order valence-corrected chi connectivity index (χ0v) is 16.7. The summed E-state index contributed by atoms with van der Waals surface area (Å²) in [6, 6.07) is 25.8. The molecule has 0 saturated carbocycles. The Bertz CT molecular complexity index is 947. The lowest BCUT2D eigenvalue weighted by Crippen LogP contribution is -2.08. The van der Waals surface area contributed by atoms with E-state index in [2.05, 4.69) is 44.0 Å². The number of hydrogen-bond acceptors (Lipinski definition) is 3. The molecule has 0 amide bonds. The molecule has 29 heavy (non-hydrogen) atoms. The summed E-state index contributed by atoms with van der Waals surface area (Å²) in [6.07, 6.45) is 2.65. The van der Waals surface area contributed by atoms with Crippen molar-refractivity contribution in [2.75, 3.05) is 0 Å². The first-order chi connectivity index (χ1) is 14.1. The van der Waals surface area contributed by atoms with Gasteiger partial charge in [-0.1, -0.05) is 56.1 Å². The monoisotopic (exact) mass is 401 g/mol. The van der Waals surface area contributed by atoms with Crippen molar-refractivity contribution in [3.63, 3.8) is 0 Å². The van der Waals surface area contributed by atoms with Crippen molar-refractivity contribution < 1.29 is 14.3 Å². The third-order valence-corrected chi connectivity index (χ3v) is 6.10. The third-order valence-electron chi connectivity index (χ3n) is 3.91. The molecule has 0 N–H and O–H groups in total. The SMILES string of the molecule is C=CC(=C)Oc1cc(OC(=O)C=C)cc([S+](c2ccccc2)c2ccccc2)c1. The fourth-order valence-corrected chi connectivity index (χ4v) is 4.80. The standard InChI is InChI=1S/C25H21O3S/c1-4-19(3)27-20-16-21(28-25(26)5-2)18-24(17-20)29(22-12-8-6-9-13-22)23-14-10-7-11-15-23/h4-18H,1-3H2/q+1. The van der Waals surface area contributed by atoms with Crippen LogP contribution in [0.5, 0.6) is 11.5 Å². The summed E-state index contributed by atoms with van der Waals surface area (Å²) in [6.45, 7) is 10.9. The Morgan fingerprint density at radius 3 is 1.72 bits per heavy atom. The quantitative estimate of drug-likeness (QED) is 0.117. The first kappa shape index (κ1) is 20.2. The van der Waals surface area contributed by atoms with Crippen LogP contribution in [0.3, 0.4) is 0 Å². The van der Waals surface area contributed by atoms with Gasteiger partial charge in [-0.2, -0.15) is 0 Å². The van der Waals surface area contributed by atoms with Crippen LogP contribution in [0.25, 0.3) is 0 Å². The molecule has 0 radical (unpaired) electrons. The van der Waals surface area contributed by atoms with Crippen molar-refractivity contribution in [1.29, 1.82) is 0 Å². The van der Waals surface area contributed by atoms with E-state index in [0.717, 1.165) is 20.8 Å². The van der Waals surface area contributed by atoms with Gasteiger partial charge in [-0.3, -0.25) is 0 Å². The average Bonchev–Trinajstić information content (AvgIpc) is 2.75. The highest BCUT2D eigenvalue weighted by Gasteiger charge is 2.30. The maximum Gasteiger partial charge on any atom is 0.335 e. The first-order valence-electron chi connectivity index (χ1n) is 8.93. The van der Waals surface area contributed by atoms with Gasteiger partial charge in [0.05, 0.1) is 10.9 Å². The summed E-state index contributed by atoms with van der Waals surface area (Å²) in [5, 5.41) is 0. The van der Waals surface area contributed by atoms with Crippen molar-refractivity contribution in [3.8, 4) is 11.5 Å². The molecule has 3 aromatic rings. The molecule has 144 valence electrons. The molecule has 0 atom stereocenters. The molecule has 0 aliphatic carbocycles. The molecule has 0 unspecified atom stereocenters. The number of rotatable bonds is 8. The molecule has 3 rings (SSSR count). The lowest BCUT2D eigenvalue weighted by molar-refractivity contribution is -0.128. The number of carbonyl (C=O) groups excluding carboxylic acids is 1. The summed E-state index contributed by atoms with van der Waals surface area (Å²) >= 11 is 0. The van der Waals surface area contributed by atoms with Crippen molar-refractivity contribution in [2.45, 2.75) is 14.7 Å². The van der Waals surface area contributed by atoms with Crippen LogP contribution in [0.1, 0.15) is 0 Å². The van der Waals surface area contributed by atoms with Crippen LogP contribution in [0, 0.1) is 0 Å². The highest BCUT2D eigenvalue weighted by molar-refractivity contribution is 7.97. The number of benzene rings is 3. The van der Waals surface area contributed by atoms with Gasteiger partial charge < -0.3 is 9.47 Å². The van der Waals surface area contributed by atoms with Gasteiger partial charge in [0.2, 0.25) is 0 Å². The molecule has 3 nitrogen and oxygen atoms in total. The molecule has 0 heterocycles. The number of carbonyl (C=O) groups is 1. The van der Waals surface area contributed by atoms with E-state index in [1.807, 2.05) is 48.5 Å². The van der Waals surface area contributed by atoms with Crippen LogP contribution >= 0.6 is 0 Å². The molecule has 0 bridgehead atoms. The molecule has 0 spiro atoms. The Hall–Kier alpha value is -3.50. The molecule has 0 saturated heterocycles. The highest BCUT2D eigenvalue weighted by atomic mass is 32.2. The van der Waals surface area contributed by atoms with Crippen LogP contribution in [0.15, 0.2) is 131 Å². The van der Waals surface area contributed by atoms with Crippen LogP contribution in [-0.2, 0) is 15.7 Å². The van der Waals surface area contributed by atoms with Crippen molar-refractivity contribution in [2.24, 2.45) is 0 Å². The lowest BCUT2D eigenvalue weighted by atomic mass is 10.3. The second-order valence-corrected chi connectivity index (χ2v) is 8.00. The fraction of sp³-hybridized carbons (Fsp3) is 0. The summed E-state index contributed by atoms with van der Waals surface area (Å²) in [4.78, 5) is 15.0. The number of allylic oxidation sites excluding steroid dienone is 1. The maximum absolute atomic E-state index is 11.8. The predicted octanol–water partition coefficient (Wildman–Crippen LogP) is 5.95. The van der Waals surface area contributed by atoms with Gasteiger partial charge in [0.15, 0.2) is 14.7 Å². The molecule has 0 aliphatic rings. The van der Waals surface area contributed by atoms with Gasteiger partial charge in [0.1, 0.15) is 17.3 Å². The average molecular weight is 402 g/mol. The van der Waals surface area contributed by atoms with Crippen LogP contribution in [0.2, 0.25) is 0 Å².